The number of rotatable bonds is 5. The van der Waals surface area contributed by atoms with Crippen LogP contribution < -0.4 is 0 Å². The predicted octanol–water partition coefficient (Wildman–Crippen LogP) is 2.50. The van der Waals surface area contributed by atoms with Gasteiger partial charge in [-0.3, -0.25) is 9.69 Å². The minimum absolute atomic E-state index is 0.0211. The average molecular weight is 379 g/mol. The van der Waals surface area contributed by atoms with Crippen molar-refractivity contribution >= 4 is 5.91 Å². The Morgan fingerprint density at radius 1 is 1.19 bits per heavy atom. The van der Waals surface area contributed by atoms with Crippen molar-refractivity contribution in [2.75, 3.05) is 39.3 Å². The van der Waals surface area contributed by atoms with Gasteiger partial charge in [0.2, 0.25) is 0 Å². The van der Waals surface area contributed by atoms with Crippen molar-refractivity contribution in [2.24, 2.45) is 11.8 Å². The van der Waals surface area contributed by atoms with Crippen LogP contribution in [0.3, 0.4) is 0 Å². The van der Waals surface area contributed by atoms with Crippen molar-refractivity contribution in [2.45, 2.75) is 52.7 Å². The fourth-order valence-electron chi connectivity index (χ4n) is 4.46. The first-order valence-electron chi connectivity index (χ1n) is 10.2. The fourth-order valence-corrected chi connectivity index (χ4v) is 4.46. The van der Waals surface area contributed by atoms with Crippen LogP contribution in [-0.4, -0.2) is 72.4 Å². The zero-order chi connectivity index (χ0) is 19.7. The number of morpholine rings is 1. The van der Waals surface area contributed by atoms with Gasteiger partial charge in [0.05, 0.1) is 17.8 Å². The van der Waals surface area contributed by atoms with Gasteiger partial charge >= 0.3 is 0 Å². The van der Waals surface area contributed by atoms with Gasteiger partial charge in [-0.1, -0.05) is 13.8 Å². The van der Waals surface area contributed by atoms with Crippen LogP contribution in [0.15, 0.2) is 10.5 Å². The van der Waals surface area contributed by atoms with Crippen molar-refractivity contribution < 1.29 is 19.1 Å². The summed E-state index contributed by atoms with van der Waals surface area (Å²) in [6.45, 7) is 14.3. The van der Waals surface area contributed by atoms with E-state index in [2.05, 4.69) is 32.6 Å². The van der Waals surface area contributed by atoms with E-state index in [0.717, 1.165) is 25.4 Å². The smallest absolute Gasteiger partial charge is 0.257 e. The maximum absolute atomic E-state index is 13.1. The van der Waals surface area contributed by atoms with Crippen LogP contribution in [0.2, 0.25) is 0 Å². The van der Waals surface area contributed by atoms with Crippen LogP contribution >= 0.6 is 0 Å². The summed E-state index contributed by atoms with van der Waals surface area (Å²) in [7, 11) is 0. The third kappa shape index (κ3) is 4.55. The molecule has 152 valence electrons. The number of nitrogens with zero attached hydrogens (tertiary/aromatic N) is 2. The number of aliphatic hydroxyl groups is 1. The summed E-state index contributed by atoms with van der Waals surface area (Å²) >= 11 is 0. The molecule has 0 aliphatic carbocycles. The van der Waals surface area contributed by atoms with E-state index in [9.17, 15) is 9.90 Å². The second-order valence-corrected chi connectivity index (χ2v) is 8.66. The Morgan fingerprint density at radius 3 is 2.37 bits per heavy atom. The van der Waals surface area contributed by atoms with E-state index in [4.69, 9.17) is 9.15 Å². The number of likely N-dealkylation sites (tertiary alicyclic amines) is 1. The van der Waals surface area contributed by atoms with Crippen molar-refractivity contribution in [1.29, 1.82) is 0 Å². The Hall–Kier alpha value is -1.37. The molecule has 0 aromatic carbocycles. The van der Waals surface area contributed by atoms with Crippen LogP contribution in [0.1, 0.15) is 55.5 Å². The molecule has 2 saturated heterocycles. The number of carbonyl (C=O) groups is 1. The van der Waals surface area contributed by atoms with Gasteiger partial charge in [0.1, 0.15) is 11.5 Å². The quantitative estimate of drug-likeness (QED) is 0.853. The van der Waals surface area contributed by atoms with Gasteiger partial charge in [-0.05, 0) is 32.8 Å². The Bertz CT molecular complexity index is 647. The maximum atomic E-state index is 13.1. The van der Waals surface area contributed by atoms with E-state index in [1.807, 2.05) is 17.9 Å². The van der Waals surface area contributed by atoms with Crippen LogP contribution in [0, 0.1) is 18.8 Å². The molecule has 1 aromatic heterocycles. The first kappa shape index (κ1) is 20.4. The molecule has 0 unspecified atom stereocenters. The molecule has 3 rings (SSSR count). The van der Waals surface area contributed by atoms with Crippen LogP contribution in [-0.2, 0) is 4.74 Å². The molecule has 27 heavy (non-hydrogen) atoms. The van der Waals surface area contributed by atoms with Crippen LogP contribution in [0.5, 0.6) is 0 Å². The lowest BCUT2D eigenvalue weighted by Crippen LogP contribution is -2.48. The zero-order valence-corrected chi connectivity index (χ0v) is 17.3. The second kappa shape index (κ2) is 8.33. The van der Waals surface area contributed by atoms with E-state index in [-0.39, 0.29) is 42.5 Å². The van der Waals surface area contributed by atoms with Crippen molar-refractivity contribution in [3.8, 4) is 0 Å². The predicted molar refractivity (Wildman–Crippen MR) is 104 cm³/mol. The zero-order valence-electron chi connectivity index (χ0n) is 17.3. The highest BCUT2D eigenvalue weighted by molar-refractivity contribution is 5.95. The maximum Gasteiger partial charge on any atom is 0.257 e. The molecule has 0 bridgehead atoms. The summed E-state index contributed by atoms with van der Waals surface area (Å²) in [5.74, 6) is 2.22. The molecule has 1 aromatic rings. The van der Waals surface area contributed by atoms with Crippen molar-refractivity contribution in [3.05, 3.63) is 23.2 Å². The molecule has 1 N–H and O–H groups in total. The standard InChI is InChI=1S/C21H34N2O4/c1-13(2)20-6-19(16(5)27-20)21(25)23-10-17(18(11-23)12-24)9-22-7-14(3)26-15(4)8-22/h6,13-15,17-18,24H,7-12H2,1-5H3/t14-,15+,17-,18-/m1/s1. The Morgan fingerprint density at radius 2 is 1.81 bits per heavy atom. The lowest BCUT2D eigenvalue weighted by molar-refractivity contribution is -0.0726. The summed E-state index contributed by atoms with van der Waals surface area (Å²) in [4.78, 5) is 17.4. The Kier molecular flexibility index (Phi) is 6.28. The first-order chi connectivity index (χ1) is 12.8. The number of ether oxygens (including phenoxy) is 1. The van der Waals surface area contributed by atoms with E-state index < -0.39 is 0 Å². The molecular weight excluding hydrogens is 344 g/mol. The van der Waals surface area contributed by atoms with E-state index >= 15 is 0 Å². The number of hydrogen-bond donors (Lipinski definition) is 1. The number of aryl methyl sites for hydroxylation is 1. The average Bonchev–Trinajstić information content (AvgIpc) is 3.17. The van der Waals surface area contributed by atoms with Crippen molar-refractivity contribution in [3.63, 3.8) is 0 Å². The molecule has 4 atom stereocenters. The minimum Gasteiger partial charge on any atom is -0.465 e. The lowest BCUT2D eigenvalue weighted by Gasteiger charge is -2.37. The van der Waals surface area contributed by atoms with E-state index in [0.29, 0.717) is 24.4 Å². The number of amides is 1. The highest BCUT2D eigenvalue weighted by Gasteiger charge is 2.38. The van der Waals surface area contributed by atoms with E-state index in [1.54, 1.807) is 0 Å². The third-order valence-corrected chi connectivity index (χ3v) is 5.82. The topological polar surface area (TPSA) is 66.2 Å². The van der Waals surface area contributed by atoms with Gasteiger partial charge < -0.3 is 19.2 Å². The molecule has 2 aliphatic heterocycles. The van der Waals surface area contributed by atoms with Gasteiger partial charge in [0.15, 0.2) is 0 Å². The summed E-state index contributed by atoms with van der Waals surface area (Å²) < 4.78 is 11.6. The molecule has 6 heteroatoms. The number of aliphatic hydroxyl groups excluding tert-OH is 1. The molecular formula is C21H34N2O4. The number of furan rings is 1. The Labute approximate surface area is 162 Å². The minimum atomic E-state index is 0.0211. The molecule has 0 spiro atoms. The van der Waals surface area contributed by atoms with Gasteiger partial charge in [-0.2, -0.15) is 0 Å². The lowest BCUT2D eigenvalue weighted by atomic mass is 9.96. The second-order valence-electron chi connectivity index (χ2n) is 8.66. The largest absolute Gasteiger partial charge is 0.465 e. The van der Waals surface area contributed by atoms with Gasteiger partial charge in [-0.15, -0.1) is 0 Å². The molecule has 2 fully saturated rings. The molecule has 2 aliphatic rings. The summed E-state index contributed by atoms with van der Waals surface area (Å²) in [6, 6.07) is 1.88. The molecule has 0 radical (unpaired) electrons. The SMILES string of the molecule is Cc1oc(C(C)C)cc1C(=O)N1C[C@@H](CN2C[C@@H](C)O[C@@H](C)C2)[C@@H](CO)C1. The highest BCUT2D eigenvalue weighted by atomic mass is 16.5. The third-order valence-electron chi connectivity index (χ3n) is 5.82. The normalized spacial score (nSPS) is 29.7. The number of hydrogen-bond acceptors (Lipinski definition) is 5. The molecule has 6 nitrogen and oxygen atoms in total. The fraction of sp³-hybridized carbons (Fsp3) is 0.762. The molecule has 1 amide bonds. The van der Waals surface area contributed by atoms with Crippen molar-refractivity contribution in [1.82, 2.24) is 9.80 Å². The van der Waals surface area contributed by atoms with Gasteiger partial charge in [0.25, 0.3) is 5.91 Å². The molecule has 3 heterocycles. The summed E-state index contributed by atoms with van der Waals surface area (Å²) in [6.07, 6.45) is 0.451. The highest BCUT2D eigenvalue weighted by Crippen LogP contribution is 2.29. The monoisotopic (exact) mass is 378 g/mol. The summed E-state index contributed by atoms with van der Waals surface area (Å²) in [5, 5.41) is 9.87. The van der Waals surface area contributed by atoms with Gasteiger partial charge in [-0.25, -0.2) is 0 Å². The van der Waals surface area contributed by atoms with Gasteiger partial charge in [0, 0.05) is 51.2 Å². The van der Waals surface area contributed by atoms with Crippen LogP contribution in [0.4, 0.5) is 0 Å². The van der Waals surface area contributed by atoms with E-state index in [1.165, 1.54) is 0 Å². The Balaban J connectivity index is 1.67. The number of carbonyl (C=O) groups excluding carboxylic acids is 1. The first-order valence-corrected chi connectivity index (χ1v) is 10.2. The van der Waals surface area contributed by atoms with Crippen LogP contribution in [0.25, 0.3) is 0 Å². The molecule has 0 saturated carbocycles. The summed E-state index contributed by atoms with van der Waals surface area (Å²) in [5.41, 5.74) is 0.657.